The smallest absolute Gasteiger partial charge is 0.329 e. The topological polar surface area (TPSA) is 98.2 Å². The molecule has 0 bridgehead atoms. The van der Waals surface area contributed by atoms with Crippen LogP contribution in [-0.2, 0) is 16.2 Å². The molecule has 36 heavy (non-hydrogen) atoms. The molecule has 0 heterocycles. The lowest BCUT2D eigenvalue weighted by Crippen LogP contribution is -2.32. The Bertz CT molecular complexity index is 1300. The maximum atomic E-state index is 12.2. The van der Waals surface area contributed by atoms with Crippen LogP contribution in [0.15, 0.2) is 67.1 Å². The Kier molecular flexibility index (Phi) is 10.2. The first kappa shape index (κ1) is 28.0. The first-order chi connectivity index (χ1) is 17.2. The Morgan fingerprint density at radius 1 is 0.944 bits per heavy atom. The summed E-state index contributed by atoms with van der Waals surface area (Å²) in [5.41, 5.74) is 3.86. The van der Waals surface area contributed by atoms with Gasteiger partial charge in [0.15, 0.2) is 0 Å². The molecule has 2 N–H and O–H groups in total. The van der Waals surface area contributed by atoms with Gasteiger partial charge in [-0.15, -0.1) is 0 Å². The fraction of sp³-hybridized carbons (Fsp3) is 0.125. The van der Waals surface area contributed by atoms with Gasteiger partial charge in [-0.1, -0.05) is 27.5 Å². The van der Waals surface area contributed by atoms with Crippen LogP contribution in [-0.4, -0.2) is 32.2 Å². The van der Waals surface area contributed by atoms with Gasteiger partial charge in [0, 0.05) is 15.1 Å². The molecule has 0 aromatic heterocycles. The van der Waals surface area contributed by atoms with Crippen molar-refractivity contribution in [1.29, 1.82) is 0 Å². The highest BCUT2D eigenvalue weighted by molar-refractivity contribution is 9.11. The second-order valence-corrected chi connectivity index (χ2v) is 10.1. The van der Waals surface area contributed by atoms with E-state index >= 15 is 0 Å². The van der Waals surface area contributed by atoms with E-state index in [0.29, 0.717) is 27.8 Å². The fourth-order valence-corrected chi connectivity index (χ4v) is 5.64. The van der Waals surface area contributed by atoms with Crippen molar-refractivity contribution in [3.8, 4) is 17.2 Å². The lowest BCUT2D eigenvalue weighted by Gasteiger charge is -2.13. The summed E-state index contributed by atoms with van der Waals surface area (Å²) < 4.78 is 19.0. The molecule has 0 aliphatic heterocycles. The minimum Gasteiger partial charge on any atom is -0.496 e. The van der Waals surface area contributed by atoms with E-state index in [9.17, 15) is 9.59 Å². The van der Waals surface area contributed by atoms with Gasteiger partial charge in [-0.05, 0) is 86.0 Å². The van der Waals surface area contributed by atoms with Gasteiger partial charge in [-0.2, -0.15) is 5.10 Å². The van der Waals surface area contributed by atoms with E-state index in [1.54, 1.807) is 37.4 Å². The normalized spacial score (nSPS) is 10.7. The first-order valence-corrected chi connectivity index (χ1v) is 12.9. The number of benzene rings is 3. The summed E-state index contributed by atoms with van der Waals surface area (Å²) >= 11 is 16.4. The van der Waals surface area contributed by atoms with Crippen LogP contribution in [0.1, 0.15) is 11.1 Å². The quantitative estimate of drug-likeness (QED) is 0.163. The molecular weight excluding hydrogens is 685 g/mol. The monoisotopic (exact) mass is 701 g/mol. The molecule has 0 saturated heterocycles. The third-order valence-electron chi connectivity index (χ3n) is 4.64. The fourth-order valence-electron chi connectivity index (χ4n) is 2.98. The lowest BCUT2D eigenvalue weighted by molar-refractivity contribution is -0.136. The predicted molar refractivity (Wildman–Crippen MR) is 149 cm³/mol. The Morgan fingerprint density at radius 2 is 1.61 bits per heavy atom. The van der Waals surface area contributed by atoms with Crippen molar-refractivity contribution >= 4 is 83.1 Å². The molecular formula is C24H19Br3ClN3O5. The number of hydrazone groups is 1. The van der Waals surface area contributed by atoms with Gasteiger partial charge in [0.25, 0.3) is 0 Å². The van der Waals surface area contributed by atoms with E-state index in [1.807, 2.05) is 12.1 Å². The Hall–Kier alpha value is -2.60. The van der Waals surface area contributed by atoms with Gasteiger partial charge >= 0.3 is 11.8 Å². The molecule has 0 spiro atoms. The Morgan fingerprint density at radius 3 is 2.28 bits per heavy atom. The number of methoxy groups -OCH3 is 2. The number of hydrogen-bond donors (Lipinski definition) is 2. The van der Waals surface area contributed by atoms with Crippen LogP contribution in [0.5, 0.6) is 17.2 Å². The maximum Gasteiger partial charge on any atom is 0.329 e. The van der Waals surface area contributed by atoms with Crippen molar-refractivity contribution in [2.24, 2.45) is 5.10 Å². The van der Waals surface area contributed by atoms with Crippen LogP contribution in [0.25, 0.3) is 0 Å². The molecule has 0 unspecified atom stereocenters. The van der Waals surface area contributed by atoms with Crippen LogP contribution in [0.2, 0.25) is 5.02 Å². The van der Waals surface area contributed by atoms with Crippen molar-refractivity contribution in [2.45, 2.75) is 6.61 Å². The third-order valence-corrected chi connectivity index (χ3v) is 6.51. The van der Waals surface area contributed by atoms with Crippen molar-refractivity contribution < 1.29 is 23.8 Å². The largest absolute Gasteiger partial charge is 0.496 e. The minimum atomic E-state index is -0.963. The molecule has 8 nitrogen and oxygen atoms in total. The van der Waals surface area contributed by atoms with Gasteiger partial charge < -0.3 is 19.5 Å². The molecule has 0 atom stereocenters. The summed E-state index contributed by atoms with van der Waals surface area (Å²) in [5.74, 6) is -0.277. The second kappa shape index (κ2) is 13.1. The van der Waals surface area contributed by atoms with E-state index in [4.69, 9.17) is 25.8 Å². The number of rotatable bonds is 8. The zero-order chi connectivity index (χ0) is 26.2. The summed E-state index contributed by atoms with van der Waals surface area (Å²) in [4.78, 5) is 24.4. The van der Waals surface area contributed by atoms with Gasteiger partial charge in [0.05, 0.1) is 35.1 Å². The maximum absolute atomic E-state index is 12.2. The predicted octanol–water partition coefficient (Wildman–Crippen LogP) is 6.31. The standard InChI is InChI=1S/C24H19Br3ClN3O5/c1-34-20-5-3-13(7-14(20)12-36-22-17(26)8-15(25)9-18(22)27)11-29-31-24(33)23(32)30-19-10-16(28)4-6-21(19)35-2/h3-11H,12H2,1-2H3,(H,30,32)(H,31,33)/b29-11+. The molecule has 3 aromatic rings. The molecule has 0 radical (unpaired) electrons. The average Bonchev–Trinajstić information content (AvgIpc) is 2.83. The van der Waals surface area contributed by atoms with E-state index in [0.717, 1.165) is 19.0 Å². The van der Waals surface area contributed by atoms with Crippen LogP contribution in [0, 0.1) is 0 Å². The summed E-state index contributed by atoms with van der Waals surface area (Å²) in [5, 5.41) is 6.69. The third kappa shape index (κ3) is 7.45. The number of halogens is 4. The number of nitrogens with zero attached hydrogens (tertiary/aromatic N) is 1. The van der Waals surface area contributed by atoms with Gasteiger partial charge in [-0.25, -0.2) is 5.43 Å². The first-order valence-electron chi connectivity index (χ1n) is 10.1. The summed E-state index contributed by atoms with van der Waals surface area (Å²) in [6.07, 6.45) is 1.40. The minimum absolute atomic E-state index is 0.208. The number of hydrogen-bond acceptors (Lipinski definition) is 6. The molecule has 12 heteroatoms. The number of carbonyl (C=O) groups excluding carboxylic acids is 2. The van der Waals surface area contributed by atoms with Gasteiger partial charge in [0.2, 0.25) is 0 Å². The lowest BCUT2D eigenvalue weighted by atomic mass is 10.1. The summed E-state index contributed by atoms with van der Waals surface area (Å²) in [6, 6.07) is 13.7. The average molecular weight is 705 g/mol. The summed E-state index contributed by atoms with van der Waals surface area (Å²) in [6.45, 7) is 0.208. The molecule has 3 rings (SSSR count). The van der Waals surface area contributed by atoms with Crippen molar-refractivity contribution in [2.75, 3.05) is 19.5 Å². The number of carbonyl (C=O) groups is 2. The number of ether oxygens (including phenoxy) is 3. The molecule has 0 aliphatic rings. The van der Waals surface area contributed by atoms with E-state index in [1.165, 1.54) is 19.4 Å². The second-order valence-electron chi connectivity index (χ2n) is 7.06. The van der Waals surface area contributed by atoms with Crippen molar-refractivity contribution in [3.05, 3.63) is 78.1 Å². The molecule has 188 valence electrons. The van der Waals surface area contributed by atoms with Crippen LogP contribution in [0.4, 0.5) is 5.69 Å². The Balaban J connectivity index is 1.66. The van der Waals surface area contributed by atoms with E-state index in [2.05, 4.69) is 63.6 Å². The van der Waals surface area contributed by atoms with Crippen molar-refractivity contribution in [3.63, 3.8) is 0 Å². The van der Waals surface area contributed by atoms with Crippen LogP contribution in [0.3, 0.4) is 0 Å². The van der Waals surface area contributed by atoms with Gasteiger partial charge in [0.1, 0.15) is 23.9 Å². The molecule has 2 amide bonds. The molecule has 0 saturated carbocycles. The number of amides is 2. The highest BCUT2D eigenvalue weighted by atomic mass is 79.9. The SMILES string of the molecule is COc1ccc(/C=N/NC(=O)C(=O)Nc2cc(Cl)ccc2OC)cc1COc1c(Br)cc(Br)cc1Br. The number of nitrogens with one attached hydrogen (secondary N) is 2. The summed E-state index contributed by atoms with van der Waals surface area (Å²) in [7, 11) is 3.00. The molecule has 0 fully saturated rings. The molecule has 0 aliphatic carbocycles. The zero-order valence-electron chi connectivity index (χ0n) is 18.9. The van der Waals surface area contributed by atoms with Crippen molar-refractivity contribution in [1.82, 2.24) is 5.43 Å². The zero-order valence-corrected chi connectivity index (χ0v) is 24.4. The van der Waals surface area contributed by atoms with Crippen LogP contribution >= 0.6 is 59.4 Å². The number of anilines is 1. The Labute approximate surface area is 237 Å². The van der Waals surface area contributed by atoms with Crippen LogP contribution < -0.4 is 25.0 Å². The van der Waals surface area contributed by atoms with E-state index in [-0.39, 0.29) is 12.3 Å². The van der Waals surface area contributed by atoms with E-state index < -0.39 is 11.8 Å². The highest BCUT2D eigenvalue weighted by Crippen LogP contribution is 2.37. The highest BCUT2D eigenvalue weighted by Gasteiger charge is 2.16. The van der Waals surface area contributed by atoms with Gasteiger partial charge in [-0.3, -0.25) is 9.59 Å². The molecule has 3 aromatic carbocycles.